The smallest absolute Gasteiger partial charge is 0.242 e. The first kappa shape index (κ1) is 15.5. The lowest BCUT2D eigenvalue weighted by atomic mass is 9.89. The first-order chi connectivity index (χ1) is 10.2. The number of amides is 2. The zero-order valence-electron chi connectivity index (χ0n) is 12.7. The van der Waals surface area contributed by atoms with E-state index in [1.54, 1.807) is 11.9 Å². The number of hydrogen-bond donors (Lipinski definition) is 1. The summed E-state index contributed by atoms with van der Waals surface area (Å²) in [5.41, 5.74) is 1.09. The number of carbonyl (C=O) groups is 2. The van der Waals surface area contributed by atoms with Gasteiger partial charge in [0.1, 0.15) is 0 Å². The summed E-state index contributed by atoms with van der Waals surface area (Å²) in [7, 11) is 1.77. The highest BCUT2D eigenvalue weighted by Gasteiger charge is 2.21. The third-order valence-electron chi connectivity index (χ3n) is 4.08. The number of rotatable bonds is 5. The van der Waals surface area contributed by atoms with Crippen molar-refractivity contribution < 1.29 is 9.59 Å². The fraction of sp³-hybridized carbons (Fsp3) is 0.529. The topological polar surface area (TPSA) is 49.4 Å². The van der Waals surface area contributed by atoms with Crippen molar-refractivity contribution in [1.29, 1.82) is 0 Å². The lowest BCUT2D eigenvalue weighted by molar-refractivity contribution is -0.133. The van der Waals surface area contributed by atoms with Crippen LogP contribution in [-0.4, -0.2) is 30.3 Å². The summed E-state index contributed by atoms with van der Waals surface area (Å²) in [5.74, 6) is 0.0881. The summed E-state index contributed by atoms with van der Waals surface area (Å²) in [6, 6.07) is 9.85. The van der Waals surface area contributed by atoms with Crippen LogP contribution in [0.4, 0.5) is 0 Å². The van der Waals surface area contributed by atoms with Crippen molar-refractivity contribution in [3.63, 3.8) is 0 Å². The average molecular weight is 288 g/mol. The number of carbonyl (C=O) groups excluding carboxylic acids is 2. The molecule has 0 spiro atoms. The van der Waals surface area contributed by atoms with E-state index >= 15 is 0 Å². The predicted octanol–water partition coefficient (Wildman–Crippen LogP) is 2.34. The molecule has 0 heterocycles. The van der Waals surface area contributed by atoms with Gasteiger partial charge in [0.2, 0.25) is 11.8 Å². The van der Waals surface area contributed by atoms with Gasteiger partial charge in [0.15, 0.2) is 0 Å². The maximum atomic E-state index is 12.0. The molecule has 4 heteroatoms. The van der Waals surface area contributed by atoms with Gasteiger partial charge in [0, 0.05) is 19.5 Å². The lowest BCUT2D eigenvalue weighted by Crippen LogP contribution is -2.40. The van der Waals surface area contributed by atoms with Gasteiger partial charge >= 0.3 is 0 Å². The largest absolute Gasteiger partial charge is 0.347 e. The average Bonchev–Trinajstić information content (AvgIpc) is 2.54. The summed E-state index contributed by atoms with van der Waals surface area (Å²) < 4.78 is 0. The highest BCUT2D eigenvalue weighted by Crippen LogP contribution is 2.23. The molecule has 0 unspecified atom stereocenters. The number of nitrogens with one attached hydrogen (secondary N) is 1. The van der Waals surface area contributed by atoms with Gasteiger partial charge in [-0.2, -0.15) is 0 Å². The van der Waals surface area contributed by atoms with E-state index in [1.807, 2.05) is 30.3 Å². The number of benzene rings is 1. The van der Waals surface area contributed by atoms with Gasteiger partial charge < -0.3 is 10.2 Å². The molecule has 0 saturated heterocycles. The van der Waals surface area contributed by atoms with Crippen LogP contribution in [-0.2, 0) is 16.1 Å². The first-order valence-electron chi connectivity index (χ1n) is 7.72. The molecule has 0 radical (unpaired) electrons. The fourth-order valence-corrected chi connectivity index (χ4v) is 2.75. The van der Waals surface area contributed by atoms with E-state index in [0.717, 1.165) is 31.2 Å². The van der Waals surface area contributed by atoms with Crippen molar-refractivity contribution in [1.82, 2.24) is 10.2 Å². The van der Waals surface area contributed by atoms with E-state index in [-0.39, 0.29) is 24.3 Å². The molecule has 4 nitrogen and oxygen atoms in total. The minimum Gasteiger partial charge on any atom is -0.347 e. The Bertz CT molecular complexity index is 467. The Hall–Kier alpha value is -1.84. The standard InChI is InChI=1S/C17H24N2O2/c1-19(13-14-8-4-2-5-9-14)16(20)12-18-17(21)15-10-6-3-7-11-15/h2,4-5,8-9,15H,3,6-7,10-13H2,1H3,(H,18,21). The molecular weight excluding hydrogens is 264 g/mol. The second kappa shape index (κ2) is 7.81. The molecule has 1 saturated carbocycles. The van der Waals surface area contributed by atoms with Crippen LogP contribution in [0, 0.1) is 5.92 Å². The summed E-state index contributed by atoms with van der Waals surface area (Å²) in [6.45, 7) is 0.664. The summed E-state index contributed by atoms with van der Waals surface area (Å²) in [6.07, 6.45) is 5.39. The predicted molar refractivity (Wildman–Crippen MR) is 82.5 cm³/mol. The third kappa shape index (κ3) is 4.88. The van der Waals surface area contributed by atoms with Gasteiger partial charge in [0.05, 0.1) is 6.54 Å². The Balaban J connectivity index is 1.74. The highest BCUT2D eigenvalue weighted by atomic mass is 16.2. The van der Waals surface area contributed by atoms with Gasteiger partial charge in [-0.15, -0.1) is 0 Å². The Morgan fingerprint density at radius 2 is 1.81 bits per heavy atom. The Morgan fingerprint density at radius 3 is 2.48 bits per heavy atom. The van der Waals surface area contributed by atoms with Crippen LogP contribution in [0.1, 0.15) is 37.7 Å². The van der Waals surface area contributed by atoms with Crippen LogP contribution in [0.25, 0.3) is 0 Å². The van der Waals surface area contributed by atoms with E-state index < -0.39 is 0 Å². The molecule has 21 heavy (non-hydrogen) atoms. The van der Waals surface area contributed by atoms with Crippen molar-refractivity contribution in [2.75, 3.05) is 13.6 Å². The van der Waals surface area contributed by atoms with Gasteiger partial charge in [-0.1, -0.05) is 49.6 Å². The lowest BCUT2D eigenvalue weighted by Gasteiger charge is -2.22. The van der Waals surface area contributed by atoms with Crippen LogP contribution in [0.5, 0.6) is 0 Å². The van der Waals surface area contributed by atoms with Crippen molar-refractivity contribution in [3.05, 3.63) is 35.9 Å². The van der Waals surface area contributed by atoms with Gasteiger partial charge in [-0.05, 0) is 18.4 Å². The molecule has 1 fully saturated rings. The molecule has 1 aliphatic rings. The van der Waals surface area contributed by atoms with Crippen LogP contribution in [0.15, 0.2) is 30.3 Å². The van der Waals surface area contributed by atoms with Crippen LogP contribution in [0.2, 0.25) is 0 Å². The fourth-order valence-electron chi connectivity index (χ4n) is 2.75. The van der Waals surface area contributed by atoms with Crippen LogP contribution in [0.3, 0.4) is 0 Å². The van der Waals surface area contributed by atoms with Crippen molar-refractivity contribution in [2.45, 2.75) is 38.6 Å². The SMILES string of the molecule is CN(Cc1ccccc1)C(=O)CNC(=O)C1CCCCC1. The molecule has 0 atom stereocenters. The molecular formula is C17H24N2O2. The Labute approximate surface area is 126 Å². The quantitative estimate of drug-likeness (QED) is 0.904. The van der Waals surface area contributed by atoms with Crippen molar-refractivity contribution in [2.24, 2.45) is 5.92 Å². The minimum absolute atomic E-state index is 0.0381. The maximum Gasteiger partial charge on any atom is 0.242 e. The molecule has 1 N–H and O–H groups in total. The minimum atomic E-state index is -0.0528. The number of hydrogen-bond acceptors (Lipinski definition) is 2. The number of nitrogens with zero attached hydrogens (tertiary/aromatic N) is 1. The monoisotopic (exact) mass is 288 g/mol. The molecule has 0 aliphatic heterocycles. The summed E-state index contributed by atoms with van der Waals surface area (Å²) in [5, 5.41) is 2.79. The van der Waals surface area contributed by atoms with Crippen molar-refractivity contribution in [3.8, 4) is 0 Å². The molecule has 1 aliphatic carbocycles. The third-order valence-corrected chi connectivity index (χ3v) is 4.08. The van der Waals surface area contributed by atoms with E-state index in [1.165, 1.54) is 6.42 Å². The molecule has 0 aromatic heterocycles. The van der Waals surface area contributed by atoms with E-state index in [0.29, 0.717) is 6.54 Å². The normalized spacial score (nSPS) is 15.5. The molecule has 1 aromatic rings. The second-order valence-electron chi connectivity index (χ2n) is 5.79. The van der Waals surface area contributed by atoms with Gasteiger partial charge in [0.25, 0.3) is 0 Å². The molecule has 114 valence electrons. The number of likely N-dealkylation sites (N-methyl/N-ethyl adjacent to an activating group) is 1. The van der Waals surface area contributed by atoms with E-state index in [9.17, 15) is 9.59 Å². The second-order valence-corrected chi connectivity index (χ2v) is 5.79. The Kier molecular flexibility index (Phi) is 5.78. The summed E-state index contributed by atoms with van der Waals surface area (Å²) in [4.78, 5) is 25.7. The Morgan fingerprint density at radius 1 is 1.14 bits per heavy atom. The zero-order valence-corrected chi connectivity index (χ0v) is 12.7. The van der Waals surface area contributed by atoms with Crippen LogP contribution < -0.4 is 5.32 Å². The van der Waals surface area contributed by atoms with Gasteiger partial charge in [-0.25, -0.2) is 0 Å². The first-order valence-corrected chi connectivity index (χ1v) is 7.72. The van der Waals surface area contributed by atoms with Crippen molar-refractivity contribution >= 4 is 11.8 Å². The summed E-state index contributed by atoms with van der Waals surface area (Å²) >= 11 is 0. The zero-order chi connectivity index (χ0) is 15.1. The highest BCUT2D eigenvalue weighted by molar-refractivity contribution is 5.85. The molecule has 1 aromatic carbocycles. The maximum absolute atomic E-state index is 12.0. The van der Waals surface area contributed by atoms with E-state index in [4.69, 9.17) is 0 Å². The molecule has 0 bridgehead atoms. The van der Waals surface area contributed by atoms with Gasteiger partial charge in [-0.3, -0.25) is 9.59 Å². The van der Waals surface area contributed by atoms with E-state index in [2.05, 4.69) is 5.32 Å². The molecule has 2 rings (SSSR count). The van der Waals surface area contributed by atoms with Crippen LogP contribution >= 0.6 is 0 Å². The molecule has 2 amide bonds.